The molecule has 3 aromatic rings. The van der Waals surface area contributed by atoms with E-state index in [-0.39, 0.29) is 17.2 Å². The van der Waals surface area contributed by atoms with Gasteiger partial charge in [-0.05, 0) is 18.2 Å². The number of halogens is 2. The number of hydrogen-bond donors (Lipinski definition) is 1. The van der Waals surface area contributed by atoms with Crippen LogP contribution in [0.5, 0.6) is 0 Å². The number of sulfonamides is 1. The van der Waals surface area contributed by atoms with E-state index in [1.807, 2.05) is 0 Å². The van der Waals surface area contributed by atoms with E-state index in [2.05, 4.69) is 24.8 Å². The first-order valence-corrected chi connectivity index (χ1v) is 8.20. The van der Waals surface area contributed by atoms with Crippen LogP contribution >= 0.6 is 0 Å². The van der Waals surface area contributed by atoms with Gasteiger partial charge in [-0.15, -0.1) is 0 Å². The predicted octanol–water partition coefficient (Wildman–Crippen LogP) is 1.28. The van der Waals surface area contributed by atoms with Crippen molar-refractivity contribution in [1.29, 1.82) is 0 Å². The molecule has 11 heteroatoms. The molecule has 0 unspecified atom stereocenters. The van der Waals surface area contributed by atoms with Crippen molar-refractivity contribution < 1.29 is 17.2 Å². The van der Waals surface area contributed by atoms with Crippen molar-refractivity contribution in [2.24, 2.45) is 0 Å². The number of benzene rings is 1. The summed E-state index contributed by atoms with van der Waals surface area (Å²) >= 11 is 0. The van der Waals surface area contributed by atoms with Crippen molar-refractivity contribution in [3.8, 4) is 5.82 Å². The summed E-state index contributed by atoms with van der Waals surface area (Å²) in [5.74, 6) is -2.02. The van der Waals surface area contributed by atoms with E-state index in [1.54, 1.807) is 0 Å². The predicted molar refractivity (Wildman–Crippen MR) is 79.6 cm³/mol. The lowest BCUT2D eigenvalue weighted by Gasteiger charge is -2.09. The van der Waals surface area contributed by atoms with Gasteiger partial charge in [0.1, 0.15) is 36.4 Å². The Hall–Kier alpha value is -2.95. The monoisotopic (exact) mass is 352 g/mol. The first kappa shape index (κ1) is 15.9. The van der Waals surface area contributed by atoms with Gasteiger partial charge in [0.25, 0.3) is 0 Å². The molecule has 24 heavy (non-hydrogen) atoms. The molecular weight excluding hydrogens is 342 g/mol. The molecule has 0 saturated heterocycles. The highest BCUT2D eigenvalue weighted by atomic mass is 32.2. The second-order valence-corrected chi connectivity index (χ2v) is 6.42. The molecule has 0 bridgehead atoms. The third-order valence-corrected chi connectivity index (χ3v) is 4.13. The van der Waals surface area contributed by atoms with Gasteiger partial charge in [-0.3, -0.25) is 4.72 Å². The van der Waals surface area contributed by atoms with Crippen molar-refractivity contribution >= 4 is 15.8 Å². The lowest BCUT2D eigenvalue weighted by Crippen LogP contribution is -2.17. The zero-order valence-corrected chi connectivity index (χ0v) is 12.8. The van der Waals surface area contributed by atoms with Crippen LogP contribution in [-0.4, -0.2) is 33.2 Å². The number of nitrogens with one attached hydrogen (secondary N) is 1. The summed E-state index contributed by atoms with van der Waals surface area (Å²) in [7, 11) is -4.00. The van der Waals surface area contributed by atoms with Crippen LogP contribution in [-0.2, 0) is 15.8 Å². The van der Waals surface area contributed by atoms with Crippen LogP contribution in [0.25, 0.3) is 5.82 Å². The highest BCUT2D eigenvalue weighted by Crippen LogP contribution is 2.16. The molecule has 0 saturated carbocycles. The fraction of sp³-hybridized carbons (Fsp3) is 0.0769. The lowest BCUT2D eigenvalue weighted by molar-refractivity contribution is 0.581. The number of aromatic nitrogens is 5. The van der Waals surface area contributed by atoms with Gasteiger partial charge < -0.3 is 0 Å². The Morgan fingerprint density at radius 1 is 1.12 bits per heavy atom. The zero-order chi connectivity index (χ0) is 17.2. The first-order chi connectivity index (χ1) is 11.4. The molecule has 8 nitrogen and oxygen atoms in total. The number of anilines is 1. The summed E-state index contributed by atoms with van der Waals surface area (Å²) in [5.41, 5.74) is -0.284. The molecule has 2 heterocycles. The second kappa shape index (κ2) is 6.28. The maximum atomic E-state index is 13.6. The van der Waals surface area contributed by atoms with E-state index in [9.17, 15) is 17.2 Å². The standard InChI is InChI=1S/C13H10F2N6O2S/c14-10-1-2-11(15)9(3-10)5-24(22,23)20-12-4-13(18-7-17-12)21-8-16-6-19-21/h1-4,6-8H,5H2,(H,17,18,20). The van der Waals surface area contributed by atoms with Gasteiger partial charge in [-0.1, -0.05) is 0 Å². The van der Waals surface area contributed by atoms with Crippen molar-refractivity contribution in [2.75, 3.05) is 4.72 Å². The molecule has 124 valence electrons. The minimum Gasteiger partial charge on any atom is -0.267 e. The van der Waals surface area contributed by atoms with Gasteiger partial charge in [0, 0.05) is 11.6 Å². The van der Waals surface area contributed by atoms with Crippen molar-refractivity contribution in [2.45, 2.75) is 5.75 Å². The third kappa shape index (κ3) is 3.68. The van der Waals surface area contributed by atoms with Gasteiger partial charge in [0.2, 0.25) is 10.0 Å². The summed E-state index contributed by atoms with van der Waals surface area (Å²) < 4.78 is 54.5. The summed E-state index contributed by atoms with van der Waals surface area (Å²) in [5, 5.41) is 3.86. The van der Waals surface area contributed by atoms with Crippen molar-refractivity contribution in [1.82, 2.24) is 24.7 Å². The Morgan fingerprint density at radius 3 is 2.71 bits per heavy atom. The van der Waals surface area contributed by atoms with Gasteiger partial charge in [-0.2, -0.15) is 5.10 Å². The van der Waals surface area contributed by atoms with E-state index in [0.29, 0.717) is 0 Å². The Morgan fingerprint density at radius 2 is 1.96 bits per heavy atom. The number of rotatable bonds is 5. The highest BCUT2D eigenvalue weighted by molar-refractivity contribution is 7.91. The molecule has 0 fully saturated rings. The zero-order valence-electron chi connectivity index (χ0n) is 12.0. The summed E-state index contributed by atoms with van der Waals surface area (Å²) in [4.78, 5) is 11.5. The van der Waals surface area contributed by atoms with Gasteiger partial charge in [0.15, 0.2) is 5.82 Å². The maximum Gasteiger partial charge on any atom is 0.238 e. The topological polar surface area (TPSA) is 103 Å². The molecule has 0 aliphatic carbocycles. The molecule has 0 amide bonds. The van der Waals surface area contributed by atoms with E-state index in [1.165, 1.54) is 23.4 Å². The lowest BCUT2D eigenvalue weighted by atomic mass is 10.2. The Labute approximate surface area is 135 Å². The fourth-order valence-electron chi connectivity index (χ4n) is 1.91. The minimum atomic E-state index is -4.00. The molecular formula is C13H10F2N6O2S. The number of hydrogen-bond acceptors (Lipinski definition) is 6. The highest BCUT2D eigenvalue weighted by Gasteiger charge is 2.17. The first-order valence-electron chi connectivity index (χ1n) is 6.54. The van der Waals surface area contributed by atoms with Crippen molar-refractivity contribution in [3.05, 3.63) is 60.4 Å². The van der Waals surface area contributed by atoms with Crippen molar-refractivity contribution in [3.63, 3.8) is 0 Å². The molecule has 0 atom stereocenters. The average Bonchev–Trinajstić information content (AvgIpc) is 3.05. The molecule has 2 aromatic heterocycles. The van der Waals surface area contributed by atoms with E-state index >= 15 is 0 Å². The molecule has 0 radical (unpaired) electrons. The Kier molecular flexibility index (Phi) is 4.16. The van der Waals surface area contributed by atoms with Crippen LogP contribution in [0.15, 0.2) is 43.2 Å². The SMILES string of the molecule is O=S(=O)(Cc1cc(F)ccc1F)Nc1cc(-n2cncn2)ncn1. The van der Waals surface area contributed by atoms with Gasteiger partial charge >= 0.3 is 0 Å². The fourth-order valence-corrected chi connectivity index (χ4v) is 3.04. The smallest absolute Gasteiger partial charge is 0.238 e. The summed E-state index contributed by atoms with van der Waals surface area (Å²) in [6.07, 6.45) is 3.80. The van der Waals surface area contributed by atoms with E-state index < -0.39 is 27.4 Å². The maximum absolute atomic E-state index is 13.6. The normalized spacial score (nSPS) is 11.4. The summed E-state index contributed by atoms with van der Waals surface area (Å²) in [6.45, 7) is 0. The summed E-state index contributed by atoms with van der Waals surface area (Å²) in [6, 6.07) is 3.94. The number of nitrogens with zero attached hydrogens (tertiary/aromatic N) is 5. The molecule has 0 aliphatic heterocycles. The average molecular weight is 352 g/mol. The van der Waals surface area contributed by atoms with Gasteiger partial charge in [-0.25, -0.2) is 36.8 Å². The van der Waals surface area contributed by atoms with Crippen LogP contribution in [0.1, 0.15) is 5.56 Å². The Balaban J connectivity index is 1.82. The van der Waals surface area contributed by atoms with Crippen LogP contribution in [0, 0.1) is 11.6 Å². The second-order valence-electron chi connectivity index (χ2n) is 4.70. The largest absolute Gasteiger partial charge is 0.267 e. The van der Waals surface area contributed by atoms with Crippen LogP contribution in [0.4, 0.5) is 14.6 Å². The molecule has 1 N–H and O–H groups in total. The molecule has 0 spiro atoms. The van der Waals surface area contributed by atoms with E-state index in [4.69, 9.17) is 0 Å². The molecule has 0 aliphatic rings. The van der Waals surface area contributed by atoms with E-state index in [0.717, 1.165) is 24.5 Å². The Bertz CT molecular complexity index is 962. The van der Waals surface area contributed by atoms with Gasteiger partial charge in [0.05, 0.1) is 5.75 Å². The van der Waals surface area contributed by atoms with Crippen LogP contribution in [0.2, 0.25) is 0 Å². The van der Waals surface area contributed by atoms with Crippen LogP contribution in [0.3, 0.4) is 0 Å². The molecule has 1 aromatic carbocycles. The minimum absolute atomic E-state index is 0.0349. The van der Waals surface area contributed by atoms with Crippen LogP contribution < -0.4 is 4.72 Å². The molecule has 3 rings (SSSR count). The third-order valence-electron chi connectivity index (χ3n) is 2.92. The quantitative estimate of drug-likeness (QED) is 0.742.